The SMILES string of the molecule is CC(C)C(=O)N1CCN(c2ccc(NC(=O)c3ccccc3F)cc2Cl)CC1. The second-order valence-corrected chi connectivity index (χ2v) is 7.47. The van der Waals surface area contributed by atoms with Crippen molar-refractivity contribution < 1.29 is 14.0 Å². The first-order valence-electron chi connectivity index (χ1n) is 9.26. The number of hydrogen-bond acceptors (Lipinski definition) is 3. The van der Waals surface area contributed by atoms with E-state index in [0.29, 0.717) is 36.9 Å². The molecule has 1 N–H and O–H groups in total. The minimum atomic E-state index is -0.573. The van der Waals surface area contributed by atoms with E-state index < -0.39 is 11.7 Å². The number of rotatable bonds is 4. The van der Waals surface area contributed by atoms with Gasteiger partial charge in [0.25, 0.3) is 5.91 Å². The molecule has 0 unspecified atom stereocenters. The number of benzene rings is 2. The van der Waals surface area contributed by atoms with Crippen molar-refractivity contribution in [1.29, 1.82) is 0 Å². The molecule has 0 bridgehead atoms. The highest BCUT2D eigenvalue weighted by Gasteiger charge is 2.24. The zero-order chi connectivity index (χ0) is 20.3. The van der Waals surface area contributed by atoms with E-state index in [9.17, 15) is 14.0 Å². The fourth-order valence-corrected chi connectivity index (χ4v) is 3.52. The maximum atomic E-state index is 13.7. The van der Waals surface area contributed by atoms with Crippen LogP contribution >= 0.6 is 11.6 Å². The zero-order valence-corrected chi connectivity index (χ0v) is 16.7. The summed E-state index contributed by atoms with van der Waals surface area (Å²) in [6.07, 6.45) is 0. The summed E-state index contributed by atoms with van der Waals surface area (Å²) < 4.78 is 13.7. The maximum Gasteiger partial charge on any atom is 0.258 e. The van der Waals surface area contributed by atoms with E-state index >= 15 is 0 Å². The molecule has 1 saturated heterocycles. The van der Waals surface area contributed by atoms with Crippen LogP contribution in [-0.4, -0.2) is 42.9 Å². The molecule has 2 aromatic rings. The number of halogens is 2. The lowest BCUT2D eigenvalue weighted by Gasteiger charge is -2.37. The minimum absolute atomic E-state index is 0.00696. The van der Waals surface area contributed by atoms with E-state index in [-0.39, 0.29) is 17.4 Å². The van der Waals surface area contributed by atoms with Gasteiger partial charge in [0.1, 0.15) is 5.82 Å². The van der Waals surface area contributed by atoms with Gasteiger partial charge in [-0.25, -0.2) is 4.39 Å². The summed E-state index contributed by atoms with van der Waals surface area (Å²) in [5, 5.41) is 3.17. The molecule has 7 heteroatoms. The zero-order valence-electron chi connectivity index (χ0n) is 15.9. The standard InChI is InChI=1S/C21H23ClFN3O2/c1-14(2)21(28)26-11-9-25(10-12-26)19-8-7-15(13-17(19)22)24-20(27)16-5-3-4-6-18(16)23/h3-8,13-14H,9-12H2,1-2H3,(H,24,27). The fourth-order valence-electron chi connectivity index (χ4n) is 3.22. The predicted molar refractivity (Wildman–Crippen MR) is 109 cm³/mol. The lowest BCUT2D eigenvalue weighted by molar-refractivity contribution is -0.134. The van der Waals surface area contributed by atoms with Crippen molar-refractivity contribution in [2.75, 3.05) is 36.4 Å². The van der Waals surface area contributed by atoms with Crippen LogP contribution in [0.5, 0.6) is 0 Å². The molecule has 0 spiro atoms. The number of anilines is 2. The number of carbonyl (C=O) groups is 2. The molecule has 1 fully saturated rings. The van der Waals surface area contributed by atoms with Crippen molar-refractivity contribution in [2.45, 2.75) is 13.8 Å². The summed E-state index contributed by atoms with van der Waals surface area (Å²) in [6.45, 7) is 6.50. The Hall–Kier alpha value is -2.60. The van der Waals surface area contributed by atoms with Crippen molar-refractivity contribution in [1.82, 2.24) is 4.90 Å². The molecule has 0 saturated carbocycles. The van der Waals surface area contributed by atoms with E-state index in [2.05, 4.69) is 10.2 Å². The Morgan fingerprint density at radius 3 is 2.36 bits per heavy atom. The molecule has 1 heterocycles. The van der Waals surface area contributed by atoms with Crippen molar-refractivity contribution in [3.63, 3.8) is 0 Å². The number of amides is 2. The molecule has 0 aliphatic carbocycles. The van der Waals surface area contributed by atoms with Gasteiger partial charge in [0, 0.05) is 37.8 Å². The van der Waals surface area contributed by atoms with E-state index in [4.69, 9.17) is 11.6 Å². The smallest absolute Gasteiger partial charge is 0.258 e. The normalized spacial score (nSPS) is 14.3. The highest BCUT2D eigenvalue weighted by atomic mass is 35.5. The van der Waals surface area contributed by atoms with Gasteiger partial charge < -0.3 is 15.1 Å². The van der Waals surface area contributed by atoms with Crippen LogP contribution in [0.3, 0.4) is 0 Å². The minimum Gasteiger partial charge on any atom is -0.367 e. The van der Waals surface area contributed by atoms with E-state index in [1.807, 2.05) is 24.8 Å². The lowest BCUT2D eigenvalue weighted by atomic mass is 10.1. The second kappa shape index (κ2) is 8.61. The molecule has 148 valence electrons. The molecule has 1 aliphatic heterocycles. The highest BCUT2D eigenvalue weighted by molar-refractivity contribution is 6.33. The Morgan fingerprint density at radius 2 is 1.75 bits per heavy atom. The third-order valence-electron chi connectivity index (χ3n) is 4.75. The van der Waals surface area contributed by atoms with Gasteiger partial charge in [-0.3, -0.25) is 9.59 Å². The van der Waals surface area contributed by atoms with Crippen LogP contribution in [-0.2, 0) is 4.79 Å². The quantitative estimate of drug-likeness (QED) is 0.838. The third-order valence-corrected chi connectivity index (χ3v) is 5.05. The average molecular weight is 404 g/mol. The molecule has 3 rings (SSSR count). The Bertz CT molecular complexity index is 880. The number of carbonyl (C=O) groups excluding carboxylic acids is 2. The van der Waals surface area contributed by atoms with Crippen molar-refractivity contribution in [2.24, 2.45) is 5.92 Å². The van der Waals surface area contributed by atoms with Gasteiger partial charge in [-0.1, -0.05) is 37.6 Å². The fraction of sp³-hybridized carbons (Fsp3) is 0.333. The monoisotopic (exact) mass is 403 g/mol. The molecule has 5 nitrogen and oxygen atoms in total. The van der Waals surface area contributed by atoms with Gasteiger partial charge in [0.05, 0.1) is 16.3 Å². The topological polar surface area (TPSA) is 52.7 Å². The van der Waals surface area contributed by atoms with Gasteiger partial charge in [-0.2, -0.15) is 0 Å². The average Bonchev–Trinajstić information content (AvgIpc) is 2.68. The molecule has 0 atom stereocenters. The Kier molecular flexibility index (Phi) is 6.19. The van der Waals surface area contributed by atoms with Gasteiger partial charge in [0.15, 0.2) is 0 Å². The second-order valence-electron chi connectivity index (χ2n) is 7.07. The van der Waals surface area contributed by atoms with Gasteiger partial charge in [0.2, 0.25) is 5.91 Å². The first-order chi connectivity index (χ1) is 13.4. The van der Waals surface area contributed by atoms with Crippen LogP contribution in [0.2, 0.25) is 5.02 Å². The van der Waals surface area contributed by atoms with Gasteiger partial charge in [-0.15, -0.1) is 0 Å². The molecule has 1 aliphatic rings. The Labute approximate surface area is 169 Å². The maximum absolute atomic E-state index is 13.7. The molecule has 28 heavy (non-hydrogen) atoms. The summed E-state index contributed by atoms with van der Waals surface area (Å²) >= 11 is 6.43. The molecule has 2 aromatic carbocycles. The van der Waals surface area contributed by atoms with E-state index in [0.717, 1.165) is 5.69 Å². The molecule has 0 radical (unpaired) electrons. The third kappa shape index (κ3) is 4.44. The van der Waals surface area contributed by atoms with Crippen LogP contribution in [0.25, 0.3) is 0 Å². The van der Waals surface area contributed by atoms with E-state index in [1.165, 1.54) is 18.2 Å². The lowest BCUT2D eigenvalue weighted by Crippen LogP contribution is -2.50. The number of nitrogens with one attached hydrogen (secondary N) is 1. The highest BCUT2D eigenvalue weighted by Crippen LogP contribution is 2.30. The van der Waals surface area contributed by atoms with Crippen LogP contribution < -0.4 is 10.2 Å². The molecule has 0 aromatic heterocycles. The van der Waals surface area contributed by atoms with Crippen molar-refractivity contribution in [3.8, 4) is 0 Å². The number of piperazine rings is 1. The largest absolute Gasteiger partial charge is 0.367 e. The van der Waals surface area contributed by atoms with E-state index in [1.54, 1.807) is 18.2 Å². The van der Waals surface area contributed by atoms with Crippen LogP contribution in [0.4, 0.5) is 15.8 Å². The molecule has 2 amide bonds. The number of nitrogens with zero attached hydrogens (tertiary/aromatic N) is 2. The van der Waals surface area contributed by atoms with Crippen molar-refractivity contribution in [3.05, 3.63) is 58.9 Å². The predicted octanol–water partition coefficient (Wildman–Crippen LogP) is 4.04. The summed E-state index contributed by atoms with van der Waals surface area (Å²) in [5.74, 6) is -0.941. The summed E-state index contributed by atoms with van der Waals surface area (Å²) in [5.41, 5.74) is 1.33. The first kappa shape index (κ1) is 20.1. The van der Waals surface area contributed by atoms with Crippen LogP contribution in [0.15, 0.2) is 42.5 Å². The number of hydrogen-bond donors (Lipinski definition) is 1. The Balaban J connectivity index is 1.66. The van der Waals surface area contributed by atoms with Crippen LogP contribution in [0, 0.1) is 11.7 Å². The first-order valence-corrected chi connectivity index (χ1v) is 9.64. The van der Waals surface area contributed by atoms with Gasteiger partial charge in [-0.05, 0) is 30.3 Å². The van der Waals surface area contributed by atoms with Crippen molar-refractivity contribution >= 4 is 34.8 Å². The summed E-state index contributed by atoms with van der Waals surface area (Å²) in [6, 6.07) is 11.0. The molecular weight excluding hydrogens is 381 g/mol. The van der Waals surface area contributed by atoms with Gasteiger partial charge >= 0.3 is 0 Å². The van der Waals surface area contributed by atoms with Crippen LogP contribution in [0.1, 0.15) is 24.2 Å². The summed E-state index contributed by atoms with van der Waals surface area (Å²) in [7, 11) is 0. The Morgan fingerprint density at radius 1 is 1.07 bits per heavy atom. The molecular formula is C21H23ClFN3O2. The summed E-state index contributed by atoms with van der Waals surface area (Å²) in [4.78, 5) is 28.3.